The van der Waals surface area contributed by atoms with Crippen molar-refractivity contribution in [2.24, 2.45) is 0 Å². The van der Waals surface area contributed by atoms with Crippen LogP contribution in [0.5, 0.6) is 0 Å². The molecule has 13 heavy (non-hydrogen) atoms. The molecule has 0 aliphatic carbocycles. The van der Waals surface area contributed by atoms with Gasteiger partial charge in [-0.05, 0) is 31.6 Å². The van der Waals surface area contributed by atoms with Gasteiger partial charge in [0.05, 0.1) is 4.05 Å². The molecule has 0 saturated carbocycles. The van der Waals surface area contributed by atoms with E-state index >= 15 is 0 Å². The number of rotatable bonds is 3. The lowest BCUT2D eigenvalue weighted by Gasteiger charge is -2.34. The van der Waals surface area contributed by atoms with Crippen molar-refractivity contribution >= 4 is 34.4 Å². The van der Waals surface area contributed by atoms with Crippen molar-refractivity contribution in [1.82, 2.24) is 4.90 Å². The molecule has 1 nitrogen and oxygen atoms in total. The van der Waals surface area contributed by atoms with E-state index in [2.05, 4.69) is 60.0 Å². The number of likely N-dealkylation sites (tertiary alicyclic amines) is 1. The molecule has 0 bridgehead atoms. The average Bonchev–Trinajstić information content (AvgIpc) is 2.03. The van der Waals surface area contributed by atoms with E-state index in [1.54, 1.807) is 0 Å². The minimum Gasteiger partial charge on any atom is -0.291 e. The van der Waals surface area contributed by atoms with Crippen LogP contribution in [0.1, 0.15) is 33.6 Å². The largest absolute Gasteiger partial charge is 0.291 e. The Morgan fingerprint density at radius 1 is 1.38 bits per heavy atom. The van der Waals surface area contributed by atoms with Crippen molar-refractivity contribution in [1.29, 1.82) is 0 Å². The highest BCUT2D eigenvalue weighted by Crippen LogP contribution is 2.27. The maximum Gasteiger partial charge on any atom is 0.0590 e. The fourth-order valence-electron chi connectivity index (χ4n) is 1.79. The SMILES string of the molecule is CC(C)SC1CCCN(C(C)I)C1. The van der Waals surface area contributed by atoms with Crippen molar-refractivity contribution in [2.75, 3.05) is 13.1 Å². The van der Waals surface area contributed by atoms with Crippen LogP contribution in [0.15, 0.2) is 0 Å². The van der Waals surface area contributed by atoms with Gasteiger partial charge < -0.3 is 0 Å². The van der Waals surface area contributed by atoms with Gasteiger partial charge >= 0.3 is 0 Å². The smallest absolute Gasteiger partial charge is 0.0590 e. The topological polar surface area (TPSA) is 3.24 Å². The molecular weight excluding hydrogens is 293 g/mol. The van der Waals surface area contributed by atoms with Crippen LogP contribution in [0.25, 0.3) is 0 Å². The third kappa shape index (κ3) is 4.38. The lowest BCUT2D eigenvalue weighted by atomic mass is 10.1. The zero-order valence-corrected chi connectivity index (χ0v) is 11.8. The van der Waals surface area contributed by atoms with Gasteiger partial charge in [-0.2, -0.15) is 11.8 Å². The second kappa shape index (κ2) is 5.81. The summed E-state index contributed by atoms with van der Waals surface area (Å²) in [6.45, 7) is 9.50. The summed E-state index contributed by atoms with van der Waals surface area (Å²) in [6, 6.07) is 0. The predicted octanol–water partition coefficient (Wildman–Crippen LogP) is 3.37. The normalized spacial score (nSPS) is 27.9. The quantitative estimate of drug-likeness (QED) is 0.446. The lowest BCUT2D eigenvalue weighted by molar-refractivity contribution is 0.235. The molecule has 3 heteroatoms. The van der Waals surface area contributed by atoms with E-state index in [0.29, 0.717) is 4.05 Å². The van der Waals surface area contributed by atoms with Crippen molar-refractivity contribution in [2.45, 2.75) is 48.2 Å². The van der Waals surface area contributed by atoms with E-state index in [4.69, 9.17) is 0 Å². The van der Waals surface area contributed by atoms with Crippen LogP contribution in [-0.4, -0.2) is 32.5 Å². The van der Waals surface area contributed by atoms with Gasteiger partial charge in [-0.15, -0.1) is 0 Å². The third-order valence-corrected chi connectivity index (χ3v) is 4.48. The van der Waals surface area contributed by atoms with Crippen LogP contribution in [0, 0.1) is 0 Å². The molecule has 1 heterocycles. The third-order valence-electron chi connectivity index (χ3n) is 2.38. The molecule has 0 N–H and O–H groups in total. The van der Waals surface area contributed by atoms with Gasteiger partial charge in [-0.3, -0.25) is 4.90 Å². The fraction of sp³-hybridized carbons (Fsp3) is 1.00. The summed E-state index contributed by atoms with van der Waals surface area (Å²) in [5.41, 5.74) is 0. The zero-order valence-electron chi connectivity index (χ0n) is 8.79. The summed E-state index contributed by atoms with van der Waals surface area (Å²) in [7, 11) is 0. The van der Waals surface area contributed by atoms with E-state index in [-0.39, 0.29) is 0 Å². The summed E-state index contributed by atoms with van der Waals surface area (Å²) in [6.07, 6.45) is 2.81. The van der Waals surface area contributed by atoms with Crippen molar-refractivity contribution < 1.29 is 0 Å². The van der Waals surface area contributed by atoms with Gasteiger partial charge in [0.2, 0.25) is 0 Å². The van der Waals surface area contributed by atoms with Gasteiger partial charge in [-0.1, -0.05) is 36.4 Å². The van der Waals surface area contributed by atoms with Crippen LogP contribution < -0.4 is 0 Å². The zero-order chi connectivity index (χ0) is 9.84. The van der Waals surface area contributed by atoms with E-state index in [1.807, 2.05) is 0 Å². The summed E-state index contributed by atoms with van der Waals surface area (Å²) in [4.78, 5) is 2.60. The van der Waals surface area contributed by atoms with E-state index in [1.165, 1.54) is 25.9 Å². The molecule has 0 aromatic rings. The van der Waals surface area contributed by atoms with Gasteiger partial charge in [-0.25, -0.2) is 0 Å². The molecule has 0 radical (unpaired) electrons. The second-order valence-electron chi connectivity index (χ2n) is 4.02. The average molecular weight is 313 g/mol. The number of thioether (sulfide) groups is 1. The summed E-state index contributed by atoms with van der Waals surface area (Å²) >= 11 is 4.67. The second-order valence-corrected chi connectivity index (χ2v) is 7.70. The maximum atomic E-state index is 2.60. The molecule has 1 saturated heterocycles. The highest BCUT2D eigenvalue weighted by Gasteiger charge is 2.22. The Morgan fingerprint density at radius 3 is 2.62 bits per heavy atom. The molecule has 2 unspecified atom stereocenters. The Kier molecular flexibility index (Phi) is 5.41. The van der Waals surface area contributed by atoms with Crippen LogP contribution in [0.2, 0.25) is 0 Å². The first-order valence-electron chi connectivity index (χ1n) is 5.13. The Hall–Kier alpha value is 1.04. The molecule has 0 amide bonds. The molecule has 0 aromatic carbocycles. The van der Waals surface area contributed by atoms with Crippen LogP contribution in [-0.2, 0) is 0 Å². The molecule has 1 aliphatic heterocycles. The molecule has 1 aliphatic rings. The first kappa shape index (κ1) is 12.1. The number of halogens is 1. The van der Waals surface area contributed by atoms with Gasteiger partial charge in [0.25, 0.3) is 0 Å². The van der Waals surface area contributed by atoms with Crippen LogP contribution in [0.3, 0.4) is 0 Å². The molecule has 78 valence electrons. The molecule has 1 rings (SSSR count). The standard InChI is InChI=1S/C10H20INS/c1-8(2)13-10-5-4-6-12(7-10)9(3)11/h8-10H,4-7H2,1-3H3. The first-order chi connectivity index (χ1) is 6.09. The monoisotopic (exact) mass is 313 g/mol. The predicted molar refractivity (Wildman–Crippen MR) is 70.8 cm³/mol. The molecule has 1 fully saturated rings. The number of hydrogen-bond donors (Lipinski definition) is 0. The highest BCUT2D eigenvalue weighted by atomic mass is 127. The van der Waals surface area contributed by atoms with Crippen molar-refractivity contribution in [3.8, 4) is 0 Å². The van der Waals surface area contributed by atoms with Crippen LogP contribution in [0.4, 0.5) is 0 Å². The number of alkyl halides is 1. The minimum atomic E-state index is 0.702. The first-order valence-corrected chi connectivity index (χ1v) is 7.32. The maximum absolute atomic E-state index is 2.60. The molecular formula is C10H20INS. The van der Waals surface area contributed by atoms with E-state index in [0.717, 1.165) is 10.5 Å². The number of hydrogen-bond acceptors (Lipinski definition) is 2. The highest BCUT2D eigenvalue weighted by molar-refractivity contribution is 14.1. The Morgan fingerprint density at radius 2 is 2.08 bits per heavy atom. The molecule has 0 aromatic heterocycles. The van der Waals surface area contributed by atoms with Gasteiger partial charge in [0.15, 0.2) is 0 Å². The lowest BCUT2D eigenvalue weighted by Crippen LogP contribution is -2.40. The van der Waals surface area contributed by atoms with Crippen LogP contribution >= 0.6 is 34.4 Å². The Labute approximate surface area is 100 Å². The molecule has 2 atom stereocenters. The summed E-state index contributed by atoms with van der Waals surface area (Å²) < 4.78 is 0.702. The van der Waals surface area contributed by atoms with Crippen molar-refractivity contribution in [3.05, 3.63) is 0 Å². The van der Waals surface area contributed by atoms with Gasteiger partial charge in [0, 0.05) is 11.8 Å². The van der Waals surface area contributed by atoms with Gasteiger partial charge in [0.1, 0.15) is 0 Å². The van der Waals surface area contributed by atoms with E-state index < -0.39 is 0 Å². The molecule has 0 spiro atoms. The van der Waals surface area contributed by atoms with Crippen molar-refractivity contribution in [3.63, 3.8) is 0 Å². The van der Waals surface area contributed by atoms with E-state index in [9.17, 15) is 0 Å². The number of nitrogens with zero attached hydrogens (tertiary/aromatic N) is 1. The summed E-state index contributed by atoms with van der Waals surface area (Å²) in [5.74, 6) is 0. The minimum absolute atomic E-state index is 0.702. The Bertz CT molecular complexity index is 150. The summed E-state index contributed by atoms with van der Waals surface area (Å²) in [5, 5.41) is 1.67. The number of piperidine rings is 1. The Balaban J connectivity index is 2.33. The fourth-order valence-corrected chi connectivity index (χ4v) is 3.64.